The highest BCUT2D eigenvalue weighted by atomic mass is 32.2. The number of hydrogen-bond donors (Lipinski definition) is 1. The molecule has 0 bridgehead atoms. The van der Waals surface area contributed by atoms with Gasteiger partial charge in [-0.05, 0) is 55.9 Å². The van der Waals surface area contributed by atoms with E-state index < -0.39 is 10.0 Å². The minimum Gasteiger partial charge on any atom is -0.340 e. The molecule has 2 aromatic rings. The lowest BCUT2D eigenvalue weighted by Crippen LogP contribution is -2.55. The van der Waals surface area contributed by atoms with Crippen molar-refractivity contribution in [2.75, 3.05) is 35.3 Å². The predicted octanol–water partition coefficient (Wildman–Crippen LogP) is 4.78. The molecule has 10 heteroatoms. The van der Waals surface area contributed by atoms with Crippen molar-refractivity contribution in [2.24, 2.45) is 5.92 Å². The molecular weight excluding hydrogens is 488 g/mol. The van der Waals surface area contributed by atoms with Crippen LogP contribution in [0.4, 0.5) is 23.1 Å². The van der Waals surface area contributed by atoms with Crippen LogP contribution in [0.3, 0.4) is 0 Å². The van der Waals surface area contributed by atoms with Gasteiger partial charge in [-0.3, -0.25) is 4.79 Å². The molecule has 1 aliphatic carbocycles. The maximum Gasteiger partial charge on any atom is 0.249 e. The number of anilines is 4. The van der Waals surface area contributed by atoms with Crippen molar-refractivity contribution in [3.63, 3.8) is 0 Å². The van der Waals surface area contributed by atoms with Gasteiger partial charge in [0.25, 0.3) is 0 Å². The fraction of sp³-hybridized carbons (Fsp3) is 0.593. The van der Waals surface area contributed by atoms with Crippen LogP contribution in [0.2, 0.25) is 0 Å². The molecule has 1 aliphatic heterocycles. The first-order valence-corrected chi connectivity index (χ1v) is 14.9. The van der Waals surface area contributed by atoms with Crippen LogP contribution in [-0.4, -0.2) is 60.8 Å². The van der Waals surface area contributed by atoms with Crippen LogP contribution in [0.5, 0.6) is 0 Å². The number of amides is 1. The number of rotatable bonds is 10. The number of sulfonamides is 1. The summed E-state index contributed by atoms with van der Waals surface area (Å²) >= 11 is 0. The smallest absolute Gasteiger partial charge is 0.249 e. The van der Waals surface area contributed by atoms with Crippen LogP contribution >= 0.6 is 0 Å². The van der Waals surface area contributed by atoms with Gasteiger partial charge in [0.2, 0.25) is 21.9 Å². The molecule has 0 saturated heterocycles. The zero-order valence-electron chi connectivity index (χ0n) is 22.6. The Morgan fingerprint density at radius 2 is 1.81 bits per heavy atom. The van der Waals surface area contributed by atoms with Crippen molar-refractivity contribution in [3.05, 3.63) is 30.5 Å². The monoisotopic (exact) mass is 528 g/mol. The second kappa shape index (κ2) is 11.3. The lowest BCUT2D eigenvalue weighted by atomic mass is 10.0. The van der Waals surface area contributed by atoms with Gasteiger partial charge in [-0.15, -0.1) is 0 Å². The normalized spacial score (nSPS) is 18.7. The first kappa shape index (κ1) is 27.3. The van der Waals surface area contributed by atoms with E-state index >= 15 is 0 Å². The predicted molar refractivity (Wildman–Crippen MR) is 148 cm³/mol. The fourth-order valence-corrected chi connectivity index (χ4v) is 7.09. The molecule has 1 amide bonds. The van der Waals surface area contributed by atoms with Crippen LogP contribution in [0.25, 0.3) is 0 Å². The standard InChI is InChI=1S/C27H40N6O3S/c1-6-16-32(18-19(3)4)37(35,36)22-14-12-20(13-15-22)29-27-28-17-24-25(30-27)33(21-10-8-9-11-21)23(7-2)26(34)31(24)5/h12-15,17,19,21,23H,6-11,16,18H2,1-5H3,(H,28,29,30)/t23-/m1/s1. The van der Waals surface area contributed by atoms with Gasteiger partial charge in [-0.2, -0.15) is 9.29 Å². The Balaban J connectivity index is 1.59. The molecule has 1 saturated carbocycles. The molecule has 0 radical (unpaired) electrons. The van der Waals surface area contributed by atoms with Gasteiger partial charge in [0.05, 0.1) is 11.1 Å². The number of carbonyl (C=O) groups is 1. The van der Waals surface area contributed by atoms with Crippen molar-refractivity contribution in [3.8, 4) is 0 Å². The number of likely N-dealkylation sites (N-methyl/N-ethyl adjacent to an activating group) is 1. The van der Waals surface area contributed by atoms with Crippen molar-refractivity contribution in [2.45, 2.75) is 83.2 Å². The summed E-state index contributed by atoms with van der Waals surface area (Å²) in [6.45, 7) is 9.06. The van der Waals surface area contributed by atoms with Crippen molar-refractivity contribution < 1.29 is 13.2 Å². The summed E-state index contributed by atoms with van der Waals surface area (Å²) in [5.41, 5.74) is 1.42. The highest BCUT2D eigenvalue weighted by molar-refractivity contribution is 7.89. The maximum absolute atomic E-state index is 13.2. The van der Waals surface area contributed by atoms with E-state index in [-0.39, 0.29) is 22.8 Å². The number of aromatic nitrogens is 2. The molecule has 2 heterocycles. The Kier molecular flexibility index (Phi) is 8.38. The van der Waals surface area contributed by atoms with Crippen molar-refractivity contribution >= 4 is 39.1 Å². The van der Waals surface area contributed by atoms with Gasteiger partial charge in [-0.25, -0.2) is 13.4 Å². The van der Waals surface area contributed by atoms with Crippen LogP contribution in [-0.2, 0) is 14.8 Å². The van der Waals surface area contributed by atoms with Gasteiger partial charge in [0, 0.05) is 31.9 Å². The minimum absolute atomic E-state index is 0.0811. The van der Waals surface area contributed by atoms with E-state index in [4.69, 9.17) is 4.98 Å². The molecule has 202 valence electrons. The van der Waals surface area contributed by atoms with Crippen LogP contribution in [0.15, 0.2) is 35.4 Å². The molecule has 1 aromatic carbocycles. The van der Waals surface area contributed by atoms with Crippen molar-refractivity contribution in [1.82, 2.24) is 14.3 Å². The third-order valence-electron chi connectivity index (χ3n) is 7.20. The minimum atomic E-state index is -3.57. The van der Waals surface area contributed by atoms with Crippen molar-refractivity contribution in [1.29, 1.82) is 0 Å². The van der Waals surface area contributed by atoms with E-state index in [1.54, 1.807) is 46.7 Å². The number of hydrogen-bond acceptors (Lipinski definition) is 7. The average Bonchev–Trinajstić information content (AvgIpc) is 3.40. The zero-order chi connectivity index (χ0) is 26.7. The highest BCUT2D eigenvalue weighted by Gasteiger charge is 2.41. The summed E-state index contributed by atoms with van der Waals surface area (Å²) in [6.07, 6.45) is 7.61. The number of nitrogens with zero attached hydrogens (tertiary/aromatic N) is 5. The Labute approximate surface area is 221 Å². The summed E-state index contributed by atoms with van der Waals surface area (Å²) in [5.74, 6) is 1.52. The molecule has 37 heavy (non-hydrogen) atoms. The van der Waals surface area contributed by atoms with E-state index in [0.717, 1.165) is 43.6 Å². The molecule has 1 atom stereocenters. The Hall–Kier alpha value is -2.72. The Bertz CT molecular complexity index is 1200. The maximum atomic E-state index is 13.2. The van der Waals surface area contributed by atoms with E-state index in [1.165, 1.54) is 0 Å². The quantitative estimate of drug-likeness (QED) is 0.474. The van der Waals surface area contributed by atoms with Crippen LogP contribution < -0.4 is 15.1 Å². The zero-order valence-corrected chi connectivity index (χ0v) is 23.5. The second-order valence-electron chi connectivity index (χ2n) is 10.5. The number of carbonyl (C=O) groups excluding carboxylic acids is 1. The SMILES string of the molecule is CCCN(CC(C)C)S(=O)(=O)c1ccc(Nc2ncc3c(n2)N(C2CCCC2)[C@H](CC)C(=O)N3C)cc1. The lowest BCUT2D eigenvalue weighted by Gasteiger charge is -2.43. The summed E-state index contributed by atoms with van der Waals surface area (Å²) in [7, 11) is -1.78. The highest BCUT2D eigenvalue weighted by Crippen LogP contribution is 2.40. The summed E-state index contributed by atoms with van der Waals surface area (Å²) in [5, 5.41) is 3.23. The van der Waals surface area contributed by atoms with Gasteiger partial charge in [0.1, 0.15) is 11.7 Å². The van der Waals surface area contributed by atoms with Crippen LogP contribution in [0, 0.1) is 5.92 Å². The van der Waals surface area contributed by atoms with Gasteiger partial charge < -0.3 is 15.1 Å². The van der Waals surface area contributed by atoms with Gasteiger partial charge in [-0.1, -0.05) is 40.5 Å². The molecule has 1 fully saturated rings. The van der Waals surface area contributed by atoms with Gasteiger partial charge >= 0.3 is 0 Å². The van der Waals surface area contributed by atoms with Gasteiger partial charge in [0.15, 0.2) is 5.82 Å². The van der Waals surface area contributed by atoms with E-state index in [1.807, 2.05) is 27.7 Å². The van der Waals surface area contributed by atoms with E-state index in [0.29, 0.717) is 37.2 Å². The van der Waals surface area contributed by atoms with E-state index in [9.17, 15) is 13.2 Å². The molecule has 4 rings (SSSR count). The van der Waals surface area contributed by atoms with Crippen LogP contribution in [0.1, 0.15) is 66.2 Å². The molecule has 0 unspecified atom stereocenters. The second-order valence-corrected chi connectivity index (χ2v) is 12.4. The number of fused-ring (bicyclic) bond motifs is 1. The number of benzene rings is 1. The molecule has 9 nitrogen and oxygen atoms in total. The third-order valence-corrected chi connectivity index (χ3v) is 9.08. The third kappa shape index (κ3) is 5.60. The Morgan fingerprint density at radius 1 is 1.14 bits per heavy atom. The van der Waals surface area contributed by atoms with E-state index in [2.05, 4.69) is 15.2 Å². The number of nitrogens with one attached hydrogen (secondary N) is 1. The molecule has 2 aliphatic rings. The topological polar surface area (TPSA) is 98.7 Å². The molecule has 0 spiro atoms. The largest absolute Gasteiger partial charge is 0.340 e. The molecule has 1 aromatic heterocycles. The summed E-state index contributed by atoms with van der Waals surface area (Å²) in [6, 6.07) is 6.81. The first-order chi connectivity index (χ1) is 17.7. The fourth-order valence-electron chi connectivity index (χ4n) is 5.40. The average molecular weight is 529 g/mol. The lowest BCUT2D eigenvalue weighted by molar-refractivity contribution is -0.120. The molecular formula is C27H40N6O3S. The Morgan fingerprint density at radius 3 is 2.41 bits per heavy atom. The summed E-state index contributed by atoms with van der Waals surface area (Å²) in [4.78, 5) is 26.6. The molecule has 1 N–H and O–H groups in total. The first-order valence-electron chi connectivity index (χ1n) is 13.5. The summed E-state index contributed by atoms with van der Waals surface area (Å²) < 4.78 is 28.0.